The van der Waals surface area contributed by atoms with E-state index in [4.69, 9.17) is 11.6 Å². The predicted molar refractivity (Wildman–Crippen MR) is 132 cm³/mol. The van der Waals surface area contributed by atoms with E-state index in [0.29, 0.717) is 33.6 Å². The lowest BCUT2D eigenvalue weighted by Gasteiger charge is -2.07. The fraction of sp³-hybridized carbons (Fsp3) is 0.182. The van der Waals surface area contributed by atoms with E-state index in [-0.39, 0.29) is 23.1 Å². The van der Waals surface area contributed by atoms with Gasteiger partial charge >= 0.3 is 0 Å². The topological polar surface area (TPSA) is 118 Å². The highest BCUT2D eigenvalue weighted by Gasteiger charge is 2.15. The molecule has 0 fully saturated rings. The molecule has 0 spiro atoms. The second kappa shape index (κ2) is 10.5. The van der Waals surface area contributed by atoms with Crippen LogP contribution in [0, 0.1) is 6.92 Å². The molecule has 2 aromatic heterocycles. The summed E-state index contributed by atoms with van der Waals surface area (Å²) < 4.78 is 29.1. The van der Waals surface area contributed by atoms with E-state index >= 15 is 0 Å². The molecular weight excluding hydrogens is 496 g/mol. The Morgan fingerprint density at radius 3 is 2.65 bits per heavy atom. The van der Waals surface area contributed by atoms with Crippen LogP contribution in [0.5, 0.6) is 0 Å². The van der Waals surface area contributed by atoms with Gasteiger partial charge in [0.25, 0.3) is 0 Å². The van der Waals surface area contributed by atoms with Gasteiger partial charge < -0.3 is 5.32 Å². The molecular formula is C22H21ClN6O3S2. The van der Waals surface area contributed by atoms with Crippen molar-refractivity contribution in [3.05, 3.63) is 77.1 Å². The number of carbonyl (C=O) groups is 1. The summed E-state index contributed by atoms with van der Waals surface area (Å²) in [5, 5.41) is 16.6. The number of thioether (sulfide) groups is 1. The molecule has 2 heterocycles. The molecule has 0 aliphatic rings. The molecule has 0 aliphatic carbocycles. The van der Waals surface area contributed by atoms with Crippen molar-refractivity contribution in [1.82, 2.24) is 24.5 Å². The van der Waals surface area contributed by atoms with E-state index in [2.05, 4.69) is 25.3 Å². The number of anilines is 1. The van der Waals surface area contributed by atoms with Crippen LogP contribution in [0.15, 0.2) is 70.6 Å². The molecule has 0 unspecified atom stereocenters. The lowest BCUT2D eigenvalue weighted by molar-refractivity contribution is -0.113. The zero-order chi connectivity index (χ0) is 24.1. The Kier molecular flexibility index (Phi) is 7.47. The van der Waals surface area contributed by atoms with Gasteiger partial charge in [-0.15, -0.1) is 10.2 Å². The highest BCUT2D eigenvalue weighted by Crippen LogP contribution is 2.18. The lowest BCUT2D eigenvalue weighted by atomic mass is 10.2. The molecule has 12 heteroatoms. The molecule has 0 radical (unpaired) electrons. The van der Waals surface area contributed by atoms with Gasteiger partial charge in [-0.1, -0.05) is 47.1 Å². The van der Waals surface area contributed by atoms with Crippen molar-refractivity contribution < 1.29 is 13.2 Å². The number of rotatable bonds is 9. The molecule has 34 heavy (non-hydrogen) atoms. The van der Waals surface area contributed by atoms with E-state index in [1.807, 2.05) is 6.92 Å². The maximum atomic E-state index is 12.5. The molecule has 2 N–H and O–H groups in total. The number of aryl methyl sites for hydroxylation is 1. The Morgan fingerprint density at radius 1 is 1.09 bits per heavy atom. The Balaban J connectivity index is 1.36. The summed E-state index contributed by atoms with van der Waals surface area (Å²) in [6.07, 6.45) is 0.294. The average Bonchev–Trinajstić information content (AvgIpc) is 3.20. The number of fused-ring (bicyclic) bond motifs is 1. The summed E-state index contributed by atoms with van der Waals surface area (Å²) in [5.74, 6) is 0.467. The number of carbonyl (C=O) groups excluding carboxylic acids is 1. The van der Waals surface area contributed by atoms with Crippen LogP contribution in [0.25, 0.3) is 5.65 Å². The summed E-state index contributed by atoms with van der Waals surface area (Å²) in [6, 6.07) is 17.1. The normalized spacial score (nSPS) is 11.6. The Hall–Kier alpha value is -2.99. The van der Waals surface area contributed by atoms with Crippen LogP contribution < -0.4 is 10.0 Å². The van der Waals surface area contributed by atoms with E-state index in [1.54, 1.807) is 65.2 Å². The highest BCUT2D eigenvalue weighted by atomic mass is 35.5. The minimum Gasteiger partial charge on any atom is -0.325 e. The predicted octanol–water partition coefficient (Wildman–Crippen LogP) is 3.34. The molecule has 4 aromatic rings. The van der Waals surface area contributed by atoms with Gasteiger partial charge in [0.05, 0.1) is 10.6 Å². The van der Waals surface area contributed by atoms with E-state index in [1.165, 1.54) is 11.8 Å². The van der Waals surface area contributed by atoms with Crippen LogP contribution in [0.2, 0.25) is 5.02 Å². The van der Waals surface area contributed by atoms with Gasteiger partial charge in [-0.2, -0.15) is 9.61 Å². The number of aromatic nitrogens is 4. The molecule has 176 valence electrons. The summed E-state index contributed by atoms with van der Waals surface area (Å²) >= 11 is 7.20. The zero-order valence-electron chi connectivity index (χ0n) is 18.1. The third-order valence-corrected chi connectivity index (χ3v) is 7.37. The fourth-order valence-electron chi connectivity index (χ4n) is 3.05. The van der Waals surface area contributed by atoms with Gasteiger partial charge in [-0.3, -0.25) is 4.79 Å². The Labute approximate surface area is 206 Å². The van der Waals surface area contributed by atoms with Crippen molar-refractivity contribution in [1.29, 1.82) is 0 Å². The molecule has 2 aromatic carbocycles. The first-order valence-corrected chi connectivity index (χ1v) is 13.1. The molecule has 0 atom stereocenters. The number of hydrogen-bond acceptors (Lipinski definition) is 7. The van der Waals surface area contributed by atoms with Gasteiger partial charge in [-0.05, 0) is 49.4 Å². The number of sulfonamides is 1. The SMILES string of the molecule is Cc1ccc(S(=O)(=O)NCCc2nnc3ccc(SCC(=O)Nc4cccc(Cl)c4)nn23)cc1. The van der Waals surface area contributed by atoms with Crippen LogP contribution in [-0.2, 0) is 21.2 Å². The summed E-state index contributed by atoms with van der Waals surface area (Å²) in [7, 11) is -3.62. The Morgan fingerprint density at radius 2 is 1.88 bits per heavy atom. The second-order valence-corrected chi connectivity index (χ2v) is 10.6. The van der Waals surface area contributed by atoms with Crippen LogP contribution in [0.1, 0.15) is 11.4 Å². The number of hydrogen-bond donors (Lipinski definition) is 2. The van der Waals surface area contributed by atoms with Gasteiger partial charge in [0, 0.05) is 23.7 Å². The minimum absolute atomic E-state index is 0.137. The second-order valence-electron chi connectivity index (χ2n) is 7.37. The molecule has 0 bridgehead atoms. The van der Waals surface area contributed by atoms with E-state index < -0.39 is 10.0 Å². The van der Waals surface area contributed by atoms with Crippen molar-refractivity contribution >= 4 is 50.6 Å². The van der Waals surface area contributed by atoms with Gasteiger partial charge in [-0.25, -0.2) is 13.1 Å². The fourth-order valence-corrected chi connectivity index (χ4v) is 4.93. The maximum absolute atomic E-state index is 12.5. The molecule has 0 saturated heterocycles. The smallest absolute Gasteiger partial charge is 0.240 e. The molecule has 0 aliphatic heterocycles. The molecule has 9 nitrogen and oxygen atoms in total. The van der Waals surface area contributed by atoms with Crippen molar-refractivity contribution in [3.8, 4) is 0 Å². The zero-order valence-corrected chi connectivity index (χ0v) is 20.5. The molecule has 4 rings (SSSR count). The largest absolute Gasteiger partial charge is 0.325 e. The number of amides is 1. The summed E-state index contributed by atoms with van der Waals surface area (Å²) in [6.45, 7) is 2.03. The third-order valence-electron chi connectivity index (χ3n) is 4.73. The Bertz CT molecular complexity index is 1420. The standard InChI is InChI=1S/C22H21ClN6O3S2/c1-15-5-7-18(8-6-15)34(31,32)24-12-11-20-27-26-19-9-10-22(28-29(19)20)33-14-21(30)25-17-4-2-3-16(23)13-17/h2-10,13,24H,11-12,14H2,1H3,(H,25,30). The lowest BCUT2D eigenvalue weighted by Crippen LogP contribution is -2.26. The van der Waals surface area contributed by atoms with Crippen molar-refractivity contribution in [2.75, 3.05) is 17.6 Å². The number of benzene rings is 2. The van der Waals surface area contributed by atoms with Crippen LogP contribution in [0.4, 0.5) is 5.69 Å². The first-order chi connectivity index (χ1) is 16.3. The number of nitrogens with zero attached hydrogens (tertiary/aromatic N) is 4. The van der Waals surface area contributed by atoms with Gasteiger partial charge in [0.2, 0.25) is 15.9 Å². The minimum atomic E-state index is -3.62. The first-order valence-electron chi connectivity index (χ1n) is 10.3. The monoisotopic (exact) mass is 516 g/mol. The molecule has 1 amide bonds. The van der Waals surface area contributed by atoms with Crippen molar-refractivity contribution in [2.24, 2.45) is 0 Å². The highest BCUT2D eigenvalue weighted by molar-refractivity contribution is 7.99. The summed E-state index contributed by atoms with van der Waals surface area (Å²) in [4.78, 5) is 12.5. The van der Waals surface area contributed by atoms with E-state index in [0.717, 1.165) is 5.56 Å². The number of halogens is 1. The average molecular weight is 517 g/mol. The van der Waals surface area contributed by atoms with E-state index in [9.17, 15) is 13.2 Å². The summed E-state index contributed by atoms with van der Waals surface area (Å²) in [5.41, 5.74) is 2.13. The van der Waals surface area contributed by atoms with Crippen LogP contribution in [-0.4, -0.2) is 46.4 Å². The van der Waals surface area contributed by atoms with Crippen molar-refractivity contribution in [3.63, 3.8) is 0 Å². The number of nitrogens with one attached hydrogen (secondary N) is 2. The quantitative estimate of drug-likeness (QED) is 0.327. The van der Waals surface area contributed by atoms with Gasteiger partial charge in [0.15, 0.2) is 11.5 Å². The molecule has 0 saturated carbocycles. The maximum Gasteiger partial charge on any atom is 0.240 e. The third kappa shape index (κ3) is 6.11. The van der Waals surface area contributed by atoms with Crippen LogP contribution >= 0.6 is 23.4 Å². The van der Waals surface area contributed by atoms with Gasteiger partial charge in [0.1, 0.15) is 5.03 Å². The first kappa shape index (κ1) is 24.1. The van der Waals surface area contributed by atoms with Crippen molar-refractivity contribution in [2.45, 2.75) is 23.3 Å². The van der Waals surface area contributed by atoms with Crippen LogP contribution in [0.3, 0.4) is 0 Å².